The Kier molecular flexibility index (Phi) is 8.72. The first kappa shape index (κ1) is 37.1. The molecule has 61 heavy (non-hydrogen) atoms. The van der Waals surface area contributed by atoms with E-state index in [4.69, 9.17) is 0 Å². The topological polar surface area (TPSA) is 3.24 Å². The molecule has 0 bridgehead atoms. The van der Waals surface area contributed by atoms with Gasteiger partial charge in [-0.05, 0) is 144 Å². The van der Waals surface area contributed by atoms with Crippen LogP contribution in [0.25, 0.3) is 61.2 Å². The van der Waals surface area contributed by atoms with Gasteiger partial charge in [0.25, 0.3) is 0 Å². The van der Waals surface area contributed by atoms with E-state index >= 15 is 0 Å². The molecule has 11 rings (SSSR count). The molecule has 1 heteroatoms. The van der Waals surface area contributed by atoms with Crippen molar-refractivity contribution in [2.24, 2.45) is 0 Å². The molecule has 0 unspecified atom stereocenters. The fourth-order valence-corrected chi connectivity index (χ4v) is 10.4. The molecule has 0 aromatic heterocycles. The maximum Gasteiger partial charge on any atom is 0.0458 e. The van der Waals surface area contributed by atoms with Crippen LogP contribution in [-0.2, 0) is 10.8 Å². The molecule has 0 N–H and O–H groups in total. The lowest BCUT2D eigenvalue weighted by Crippen LogP contribution is -2.18. The molecule has 1 nitrogen and oxygen atoms in total. The van der Waals surface area contributed by atoms with E-state index < -0.39 is 0 Å². The Morgan fingerprint density at radius 1 is 0.328 bits per heavy atom. The lowest BCUT2D eigenvalue weighted by Gasteiger charge is -2.30. The second-order valence-electron chi connectivity index (χ2n) is 18.1. The Hall–Kier alpha value is -6.96. The Labute approximate surface area is 361 Å². The third kappa shape index (κ3) is 6.22. The van der Waals surface area contributed by atoms with Gasteiger partial charge >= 0.3 is 0 Å². The molecule has 0 fully saturated rings. The van der Waals surface area contributed by atoms with Gasteiger partial charge in [-0.15, -0.1) is 0 Å². The van der Waals surface area contributed by atoms with Crippen LogP contribution in [-0.4, -0.2) is 0 Å². The summed E-state index contributed by atoms with van der Waals surface area (Å²) >= 11 is 0. The van der Waals surface area contributed by atoms with Gasteiger partial charge in [0.1, 0.15) is 0 Å². The number of hydrogen-bond acceptors (Lipinski definition) is 1. The van der Waals surface area contributed by atoms with Crippen LogP contribution in [0.1, 0.15) is 68.4 Å². The minimum Gasteiger partial charge on any atom is -0.314 e. The highest BCUT2D eigenvalue weighted by molar-refractivity contribution is 5.86. The van der Waals surface area contributed by atoms with E-state index in [0.29, 0.717) is 0 Å². The molecular formula is C60H49N. The van der Waals surface area contributed by atoms with E-state index in [1.165, 1.54) is 94.7 Å². The first-order chi connectivity index (χ1) is 29.7. The van der Waals surface area contributed by atoms with E-state index in [2.05, 4.69) is 233 Å². The van der Waals surface area contributed by atoms with Crippen LogP contribution >= 0.6 is 0 Å². The van der Waals surface area contributed by atoms with Gasteiger partial charge in [0.15, 0.2) is 0 Å². The number of hydrogen-bond donors (Lipinski definition) is 0. The van der Waals surface area contributed by atoms with Crippen molar-refractivity contribution < 1.29 is 0 Å². The molecule has 8 aromatic rings. The Balaban J connectivity index is 0.931. The average Bonchev–Trinajstić information content (AvgIpc) is 3.69. The van der Waals surface area contributed by atoms with Crippen LogP contribution in [0.5, 0.6) is 0 Å². The summed E-state index contributed by atoms with van der Waals surface area (Å²) in [6, 6.07) is 69.8. The summed E-state index contributed by atoms with van der Waals surface area (Å²) < 4.78 is 0. The van der Waals surface area contributed by atoms with Gasteiger partial charge in [0, 0.05) is 27.9 Å². The standard InChI is InChI=1S/C60H49N/c1-59(2)55-16-10-8-14-51(55)53-36-28-46(38-57(53)59)44-24-32-49(33-25-44)61(48-30-22-43(23-31-48)42-20-18-41(19-21-42)40-12-6-5-7-13-40)50-34-26-45(27-35-50)47-29-37-54-52-15-9-11-17-56(52)60(3,4)58(54)39-47/h5-26,28-34,36-39H,27,35H2,1-4H3. The Bertz CT molecular complexity index is 3030. The summed E-state index contributed by atoms with van der Waals surface area (Å²) in [6.45, 7) is 9.45. The lowest BCUT2D eigenvalue weighted by molar-refractivity contribution is 0.660. The van der Waals surface area contributed by atoms with Crippen molar-refractivity contribution in [1.29, 1.82) is 0 Å². The molecule has 0 heterocycles. The highest BCUT2D eigenvalue weighted by atomic mass is 15.1. The maximum atomic E-state index is 2.46. The van der Waals surface area contributed by atoms with Gasteiger partial charge in [-0.25, -0.2) is 0 Å². The summed E-state index contributed by atoms with van der Waals surface area (Å²) in [7, 11) is 0. The third-order valence-corrected chi connectivity index (χ3v) is 13.9. The number of fused-ring (bicyclic) bond motifs is 6. The molecule has 3 aliphatic carbocycles. The minimum atomic E-state index is -0.0321. The molecular weight excluding hydrogens is 735 g/mol. The summed E-state index contributed by atoms with van der Waals surface area (Å²) in [6.07, 6.45) is 6.64. The normalized spacial score (nSPS) is 15.2. The van der Waals surface area contributed by atoms with Crippen molar-refractivity contribution >= 4 is 16.9 Å². The molecule has 0 atom stereocenters. The molecule has 0 saturated carbocycles. The van der Waals surface area contributed by atoms with Gasteiger partial charge in [-0.2, -0.15) is 0 Å². The highest BCUT2D eigenvalue weighted by Crippen LogP contribution is 2.51. The predicted molar refractivity (Wildman–Crippen MR) is 258 cm³/mol. The van der Waals surface area contributed by atoms with Gasteiger partial charge < -0.3 is 4.90 Å². The average molecular weight is 784 g/mol. The maximum absolute atomic E-state index is 2.46. The Morgan fingerprint density at radius 2 is 0.721 bits per heavy atom. The van der Waals surface area contributed by atoms with Crippen LogP contribution in [0.3, 0.4) is 0 Å². The molecule has 0 radical (unpaired) electrons. The van der Waals surface area contributed by atoms with Gasteiger partial charge in [0.2, 0.25) is 0 Å². The number of anilines is 2. The molecule has 8 aromatic carbocycles. The zero-order valence-electron chi connectivity index (χ0n) is 35.4. The van der Waals surface area contributed by atoms with Crippen molar-refractivity contribution in [2.75, 3.05) is 4.90 Å². The smallest absolute Gasteiger partial charge is 0.0458 e. The SMILES string of the molecule is CC1(C)c2ccccc2-c2ccc(C3=CC=C(N(c4ccc(-c5ccc(-c6ccccc6)cc5)cc4)c4ccc(-c5ccc6c(c5)C(C)(C)c5ccccc5-6)cc4)CC3)cc21. The van der Waals surface area contributed by atoms with Crippen molar-refractivity contribution in [3.63, 3.8) is 0 Å². The van der Waals surface area contributed by atoms with E-state index in [1.807, 2.05) is 0 Å². The van der Waals surface area contributed by atoms with Crippen LogP contribution in [0.15, 0.2) is 206 Å². The fraction of sp³-hybridized carbons (Fsp3) is 0.133. The van der Waals surface area contributed by atoms with Gasteiger partial charge in [-0.1, -0.05) is 185 Å². The number of allylic oxidation sites excluding steroid dienone is 4. The summed E-state index contributed by atoms with van der Waals surface area (Å²) in [5.41, 5.74) is 24.8. The zero-order chi connectivity index (χ0) is 41.3. The molecule has 0 aliphatic heterocycles. The van der Waals surface area contributed by atoms with Gasteiger partial charge in [-0.3, -0.25) is 0 Å². The van der Waals surface area contributed by atoms with Crippen LogP contribution < -0.4 is 4.90 Å². The third-order valence-electron chi connectivity index (χ3n) is 13.9. The molecule has 0 amide bonds. The van der Waals surface area contributed by atoms with Crippen LogP contribution in [0.2, 0.25) is 0 Å². The lowest BCUT2D eigenvalue weighted by atomic mass is 9.81. The van der Waals surface area contributed by atoms with Crippen molar-refractivity contribution in [1.82, 2.24) is 0 Å². The largest absolute Gasteiger partial charge is 0.314 e. The quantitative estimate of drug-likeness (QED) is 0.156. The van der Waals surface area contributed by atoms with E-state index in [-0.39, 0.29) is 10.8 Å². The van der Waals surface area contributed by atoms with E-state index in [9.17, 15) is 0 Å². The highest BCUT2D eigenvalue weighted by Gasteiger charge is 2.36. The summed E-state index contributed by atoms with van der Waals surface area (Å²) in [5, 5.41) is 0. The van der Waals surface area contributed by atoms with E-state index in [0.717, 1.165) is 24.2 Å². The first-order valence-corrected chi connectivity index (χ1v) is 21.8. The second kappa shape index (κ2) is 14.4. The number of nitrogens with zero attached hydrogens (tertiary/aromatic N) is 1. The van der Waals surface area contributed by atoms with Crippen molar-refractivity contribution in [3.8, 4) is 55.6 Å². The van der Waals surface area contributed by atoms with Crippen LogP contribution in [0, 0.1) is 0 Å². The number of benzene rings is 8. The van der Waals surface area contributed by atoms with Gasteiger partial charge in [0.05, 0.1) is 0 Å². The predicted octanol–water partition coefficient (Wildman–Crippen LogP) is 16.2. The van der Waals surface area contributed by atoms with E-state index in [1.54, 1.807) is 0 Å². The Morgan fingerprint density at radius 3 is 1.23 bits per heavy atom. The molecule has 3 aliphatic rings. The van der Waals surface area contributed by atoms with Crippen LogP contribution in [0.4, 0.5) is 11.4 Å². The van der Waals surface area contributed by atoms with Crippen molar-refractivity contribution in [3.05, 3.63) is 234 Å². The summed E-state index contributed by atoms with van der Waals surface area (Å²) in [5.74, 6) is 0. The molecule has 294 valence electrons. The molecule has 0 spiro atoms. The fourth-order valence-electron chi connectivity index (χ4n) is 10.4. The zero-order valence-corrected chi connectivity index (χ0v) is 35.4. The second-order valence-corrected chi connectivity index (χ2v) is 18.1. The summed E-state index contributed by atoms with van der Waals surface area (Å²) in [4.78, 5) is 2.46. The minimum absolute atomic E-state index is 0.0157. The molecule has 0 saturated heterocycles. The van der Waals surface area contributed by atoms with Crippen molar-refractivity contribution in [2.45, 2.75) is 51.4 Å². The number of rotatable bonds is 7. The first-order valence-electron chi connectivity index (χ1n) is 21.8. The monoisotopic (exact) mass is 783 g/mol.